The van der Waals surface area contributed by atoms with Crippen LogP contribution in [0, 0.1) is 0 Å². The average molecular weight is 265 g/mol. The quantitative estimate of drug-likeness (QED) is 0.859. The van der Waals surface area contributed by atoms with E-state index < -0.39 is 11.5 Å². The molecule has 0 aliphatic heterocycles. The fourth-order valence-corrected chi connectivity index (χ4v) is 2.46. The smallest absolute Gasteiger partial charge is 0.323 e. The first kappa shape index (κ1) is 15.5. The highest BCUT2D eigenvalue weighted by Crippen LogP contribution is 2.33. The second-order valence-corrected chi connectivity index (χ2v) is 5.07. The third kappa shape index (κ3) is 3.07. The molecule has 4 nitrogen and oxygen atoms in total. The van der Waals surface area contributed by atoms with Crippen LogP contribution >= 0.6 is 0 Å². The molecule has 0 saturated carbocycles. The van der Waals surface area contributed by atoms with Gasteiger partial charge in [-0.3, -0.25) is 9.69 Å². The summed E-state index contributed by atoms with van der Waals surface area (Å²) in [6, 6.07) is 7.69. The lowest BCUT2D eigenvalue weighted by Gasteiger charge is -2.39. The zero-order valence-electron chi connectivity index (χ0n) is 12.3. The summed E-state index contributed by atoms with van der Waals surface area (Å²) in [5.74, 6) is -0.0364. The summed E-state index contributed by atoms with van der Waals surface area (Å²) in [6.45, 7) is 8.08. The summed E-state index contributed by atoms with van der Waals surface area (Å²) in [4.78, 5) is 13.4. The van der Waals surface area contributed by atoms with E-state index in [1.807, 2.05) is 43.0 Å². The minimum atomic E-state index is -0.922. The Kier molecular flexibility index (Phi) is 4.95. The highest BCUT2D eigenvalue weighted by atomic mass is 16.5. The lowest BCUT2D eigenvalue weighted by molar-refractivity contribution is -0.150. The van der Waals surface area contributed by atoms with E-state index in [2.05, 4.69) is 0 Å². The van der Waals surface area contributed by atoms with Crippen molar-refractivity contribution in [1.82, 2.24) is 4.90 Å². The van der Waals surface area contributed by atoms with Crippen LogP contribution in [0.3, 0.4) is 0 Å². The van der Waals surface area contributed by atoms with Crippen LogP contribution in [0.2, 0.25) is 0 Å². The molecule has 0 aliphatic carbocycles. The second kappa shape index (κ2) is 6.06. The predicted molar refractivity (Wildman–Crippen MR) is 75.5 cm³/mol. The Morgan fingerprint density at radius 2 is 2.00 bits per heavy atom. The van der Waals surface area contributed by atoms with Crippen LogP contribution in [0.25, 0.3) is 0 Å². The highest BCUT2D eigenvalue weighted by Gasteiger charge is 2.37. The molecule has 1 N–H and O–H groups in total. The van der Waals surface area contributed by atoms with Crippen LogP contribution < -0.4 is 4.74 Å². The molecule has 0 radical (unpaired) electrons. The molecule has 0 heterocycles. The van der Waals surface area contributed by atoms with Crippen LogP contribution in [-0.2, 0) is 4.79 Å². The van der Waals surface area contributed by atoms with Crippen molar-refractivity contribution in [1.29, 1.82) is 0 Å². The van der Waals surface area contributed by atoms with Crippen molar-refractivity contribution in [3.05, 3.63) is 29.8 Å². The van der Waals surface area contributed by atoms with E-state index in [4.69, 9.17) is 4.74 Å². The van der Waals surface area contributed by atoms with Crippen molar-refractivity contribution in [3.63, 3.8) is 0 Å². The lowest BCUT2D eigenvalue weighted by Crippen LogP contribution is -2.51. The third-order valence-electron chi connectivity index (χ3n) is 3.64. The van der Waals surface area contributed by atoms with Crippen molar-refractivity contribution in [2.24, 2.45) is 0 Å². The number of methoxy groups -OCH3 is 1. The molecule has 0 bridgehead atoms. The Labute approximate surface area is 115 Å². The summed E-state index contributed by atoms with van der Waals surface area (Å²) >= 11 is 0. The first-order chi connectivity index (χ1) is 8.86. The predicted octanol–water partition coefficient (Wildman–Crippen LogP) is 2.94. The number of benzene rings is 1. The zero-order valence-corrected chi connectivity index (χ0v) is 12.3. The normalized spacial score (nSPS) is 13.4. The number of rotatable bonds is 6. The number of hydrogen-bond acceptors (Lipinski definition) is 3. The van der Waals surface area contributed by atoms with Gasteiger partial charge in [-0.2, -0.15) is 0 Å². The average Bonchev–Trinajstić information content (AvgIpc) is 2.38. The number of ether oxygens (including phenoxy) is 1. The fourth-order valence-electron chi connectivity index (χ4n) is 2.46. The highest BCUT2D eigenvalue weighted by molar-refractivity contribution is 5.77. The van der Waals surface area contributed by atoms with Gasteiger partial charge < -0.3 is 9.84 Å². The Morgan fingerprint density at radius 1 is 1.42 bits per heavy atom. The van der Waals surface area contributed by atoms with E-state index >= 15 is 0 Å². The maximum atomic E-state index is 11.4. The molecule has 19 heavy (non-hydrogen) atoms. The molecule has 4 heteroatoms. The van der Waals surface area contributed by atoms with Crippen LogP contribution in [-0.4, -0.2) is 35.2 Å². The number of nitrogens with zero attached hydrogens (tertiary/aromatic N) is 1. The van der Waals surface area contributed by atoms with Gasteiger partial charge in [0.1, 0.15) is 11.3 Å². The second-order valence-electron chi connectivity index (χ2n) is 5.07. The van der Waals surface area contributed by atoms with Crippen LogP contribution in [0.4, 0.5) is 0 Å². The molecule has 1 aromatic rings. The monoisotopic (exact) mass is 265 g/mol. The fraction of sp³-hybridized carbons (Fsp3) is 0.533. The maximum absolute atomic E-state index is 11.4. The Bertz CT molecular complexity index is 443. The molecular weight excluding hydrogens is 242 g/mol. The van der Waals surface area contributed by atoms with Crippen molar-refractivity contribution < 1.29 is 14.6 Å². The van der Waals surface area contributed by atoms with Crippen LogP contribution in [0.5, 0.6) is 5.75 Å². The molecule has 0 amide bonds. The number of carboxylic acid groups (broad SMARTS) is 1. The van der Waals surface area contributed by atoms with Gasteiger partial charge in [0.05, 0.1) is 7.11 Å². The molecular formula is C15H23NO3. The maximum Gasteiger partial charge on any atom is 0.323 e. The van der Waals surface area contributed by atoms with Gasteiger partial charge in [-0.05, 0) is 33.4 Å². The molecule has 1 atom stereocenters. The van der Waals surface area contributed by atoms with Crippen molar-refractivity contribution in [3.8, 4) is 5.75 Å². The number of aliphatic carboxylic acids is 1. The van der Waals surface area contributed by atoms with Gasteiger partial charge >= 0.3 is 5.97 Å². The van der Waals surface area contributed by atoms with Gasteiger partial charge in [-0.25, -0.2) is 0 Å². The van der Waals surface area contributed by atoms with E-state index in [1.54, 1.807) is 21.0 Å². The number of para-hydroxylation sites is 1. The molecule has 0 aliphatic rings. The molecule has 1 unspecified atom stereocenters. The molecule has 1 aromatic carbocycles. The van der Waals surface area contributed by atoms with Gasteiger partial charge in [-0.1, -0.05) is 25.1 Å². The summed E-state index contributed by atoms with van der Waals surface area (Å²) in [6.07, 6.45) is 0. The number of hydrogen-bond donors (Lipinski definition) is 1. The van der Waals surface area contributed by atoms with Gasteiger partial charge in [0, 0.05) is 11.6 Å². The standard InChI is InChI=1S/C15H23NO3/c1-6-16(15(3,4)14(17)18)11(2)12-9-7-8-10-13(12)19-5/h7-11H,6H2,1-5H3,(H,17,18). The molecule has 0 spiro atoms. The van der Waals surface area contributed by atoms with Crippen LogP contribution in [0.1, 0.15) is 39.3 Å². The van der Waals surface area contributed by atoms with E-state index in [0.717, 1.165) is 11.3 Å². The molecule has 0 fully saturated rings. The van der Waals surface area contributed by atoms with Gasteiger partial charge in [0.25, 0.3) is 0 Å². The minimum absolute atomic E-state index is 0.0350. The molecule has 106 valence electrons. The number of carbonyl (C=O) groups is 1. The zero-order chi connectivity index (χ0) is 14.6. The van der Waals surface area contributed by atoms with Gasteiger partial charge in [0.15, 0.2) is 0 Å². The minimum Gasteiger partial charge on any atom is -0.496 e. The Balaban J connectivity index is 3.15. The Morgan fingerprint density at radius 3 is 2.47 bits per heavy atom. The topological polar surface area (TPSA) is 49.8 Å². The lowest BCUT2D eigenvalue weighted by atomic mass is 9.96. The van der Waals surface area contributed by atoms with Crippen LogP contribution in [0.15, 0.2) is 24.3 Å². The number of carboxylic acids is 1. The first-order valence-corrected chi connectivity index (χ1v) is 6.49. The van der Waals surface area contributed by atoms with Gasteiger partial charge in [0.2, 0.25) is 0 Å². The Hall–Kier alpha value is -1.55. The summed E-state index contributed by atoms with van der Waals surface area (Å²) in [5.41, 5.74) is 0.0795. The largest absolute Gasteiger partial charge is 0.496 e. The van der Waals surface area contributed by atoms with Crippen molar-refractivity contribution in [2.45, 2.75) is 39.3 Å². The molecule has 1 rings (SSSR count). The molecule has 0 saturated heterocycles. The SMILES string of the molecule is CCN(C(C)c1ccccc1OC)C(C)(C)C(=O)O. The van der Waals surface area contributed by atoms with E-state index in [9.17, 15) is 9.90 Å². The summed E-state index contributed by atoms with van der Waals surface area (Å²) in [5, 5.41) is 9.39. The van der Waals surface area contributed by atoms with E-state index in [1.165, 1.54) is 0 Å². The summed E-state index contributed by atoms with van der Waals surface area (Å²) in [7, 11) is 1.63. The first-order valence-electron chi connectivity index (χ1n) is 6.49. The molecule has 0 aromatic heterocycles. The van der Waals surface area contributed by atoms with Crippen molar-refractivity contribution in [2.75, 3.05) is 13.7 Å². The van der Waals surface area contributed by atoms with Gasteiger partial charge in [-0.15, -0.1) is 0 Å². The van der Waals surface area contributed by atoms with E-state index in [0.29, 0.717) is 6.54 Å². The number of likely N-dealkylation sites (N-methyl/N-ethyl adjacent to an activating group) is 1. The third-order valence-corrected chi connectivity index (χ3v) is 3.64. The summed E-state index contributed by atoms with van der Waals surface area (Å²) < 4.78 is 5.36. The van der Waals surface area contributed by atoms with E-state index in [-0.39, 0.29) is 6.04 Å². The van der Waals surface area contributed by atoms with Crippen molar-refractivity contribution >= 4 is 5.97 Å².